The SMILES string of the molecule is O=C(COC(=O)CCc1ccc(-c2ccccc2F)o1)Nc1cccc(N2CCCC2=O)c1. The Hall–Kier alpha value is -3.94. The van der Waals surface area contributed by atoms with E-state index in [-0.39, 0.29) is 24.6 Å². The van der Waals surface area contributed by atoms with E-state index < -0.39 is 18.5 Å². The second-order valence-electron chi connectivity index (χ2n) is 7.65. The summed E-state index contributed by atoms with van der Waals surface area (Å²) < 4.78 is 24.5. The number of nitrogens with zero attached hydrogens (tertiary/aromatic N) is 1. The molecule has 33 heavy (non-hydrogen) atoms. The summed E-state index contributed by atoms with van der Waals surface area (Å²) in [6, 6.07) is 16.6. The summed E-state index contributed by atoms with van der Waals surface area (Å²) in [7, 11) is 0. The molecule has 0 radical (unpaired) electrons. The van der Waals surface area contributed by atoms with Gasteiger partial charge in [-0.15, -0.1) is 0 Å². The van der Waals surface area contributed by atoms with Crippen molar-refractivity contribution in [2.24, 2.45) is 0 Å². The first-order valence-electron chi connectivity index (χ1n) is 10.7. The lowest BCUT2D eigenvalue weighted by molar-refractivity contribution is -0.147. The zero-order valence-electron chi connectivity index (χ0n) is 17.9. The summed E-state index contributed by atoms with van der Waals surface area (Å²) in [5.41, 5.74) is 1.59. The van der Waals surface area contributed by atoms with Crippen LogP contribution in [0.2, 0.25) is 0 Å². The number of hydrogen-bond donors (Lipinski definition) is 1. The molecule has 1 fully saturated rings. The lowest BCUT2D eigenvalue weighted by Crippen LogP contribution is -2.24. The number of aryl methyl sites for hydroxylation is 1. The second kappa shape index (κ2) is 10.1. The highest BCUT2D eigenvalue weighted by atomic mass is 19.1. The van der Waals surface area contributed by atoms with Gasteiger partial charge in [0.1, 0.15) is 17.3 Å². The third kappa shape index (κ3) is 5.65. The number of halogens is 1. The van der Waals surface area contributed by atoms with Crippen molar-refractivity contribution in [2.45, 2.75) is 25.7 Å². The molecule has 0 aliphatic carbocycles. The fraction of sp³-hybridized carbons (Fsp3) is 0.240. The van der Waals surface area contributed by atoms with Crippen LogP contribution in [0.25, 0.3) is 11.3 Å². The van der Waals surface area contributed by atoms with Gasteiger partial charge in [0.05, 0.1) is 12.0 Å². The van der Waals surface area contributed by atoms with Gasteiger partial charge in [-0.1, -0.05) is 18.2 Å². The molecule has 0 spiro atoms. The Morgan fingerprint density at radius 3 is 2.73 bits per heavy atom. The van der Waals surface area contributed by atoms with Crippen LogP contribution >= 0.6 is 0 Å². The molecule has 170 valence electrons. The van der Waals surface area contributed by atoms with Gasteiger partial charge in [-0.05, 0) is 48.9 Å². The largest absolute Gasteiger partial charge is 0.461 e. The number of benzene rings is 2. The molecule has 8 heteroatoms. The van der Waals surface area contributed by atoms with E-state index in [9.17, 15) is 18.8 Å². The predicted octanol–water partition coefficient (Wildman–Crippen LogP) is 4.33. The number of nitrogens with one attached hydrogen (secondary N) is 1. The summed E-state index contributed by atoms with van der Waals surface area (Å²) in [5.74, 6) is -0.457. The standard InChI is InChI=1S/C25H23FN2O5/c26-21-8-2-1-7-20(21)22-12-10-19(33-22)11-13-25(31)32-16-23(29)27-17-5-3-6-18(15-17)28-14-4-9-24(28)30/h1-3,5-8,10,12,15H,4,9,11,13-14,16H2,(H,27,29). The maximum Gasteiger partial charge on any atom is 0.306 e. The highest BCUT2D eigenvalue weighted by Gasteiger charge is 2.22. The first kappa shape index (κ1) is 22.3. The Morgan fingerprint density at radius 1 is 1.09 bits per heavy atom. The molecule has 7 nitrogen and oxygen atoms in total. The van der Waals surface area contributed by atoms with Gasteiger partial charge in [-0.25, -0.2) is 4.39 Å². The van der Waals surface area contributed by atoms with E-state index >= 15 is 0 Å². The van der Waals surface area contributed by atoms with E-state index in [1.165, 1.54) is 6.07 Å². The van der Waals surface area contributed by atoms with Crippen molar-refractivity contribution in [2.75, 3.05) is 23.4 Å². The monoisotopic (exact) mass is 450 g/mol. The summed E-state index contributed by atoms with van der Waals surface area (Å²) in [6.07, 6.45) is 1.62. The second-order valence-corrected chi connectivity index (χ2v) is 7.65. The zero-order chi connectivity index (χ0) is 23.2. The van der Waals surface area contributed by atoms with Gasteiger partial charge in [0, 0.05) is 30.8 Å². The Balaban J connectivity index is 1.23. The first-order chi connectivity index (χ1) is 16.0. The maximum atomic E-state index is 13.9. The number of ether oxygens (including phenoxy) is 1. The topological polar surface area (TPSA) is 88.8 Å². The molecule has 4 rings (SSSR count). The molecule has 2 heterocycles. The summed E-state index contributed by atoms with van der Waals surface area (Å²) in [5, 5.41) is 2.67. The molecule has 2 amide bonds. The number of carbonyl (C=O) groups is 3. The van der Waals surface area contributed by atoms with E-state index in [2.05, 4.69) is 5.32 Å². The van der Waals surface area contributed by atoms with Crippen molar-refractivity contribution in [3.63, 3.8) is 0 Å². The van der Waals surface area contributed by atoms with Crippen molar-refractivity contribution in [3.05, 3.63) is 72.2 Å². The molecule has 0 unspecified atom stereocenters. The summed E-state index contributed by atoms with van der Waals surface area (Å²) >= 11 is 0. The Bertz CT molecular complexity index is 1170. The Labute approximate surface area is 190 Å². The average molecular weight is 450 g/mol. The molecule has 2 aromatic carbocycles. The number of furan rings is 1. The predicted molar refractivity (Wildman–Crippen MR) is 120 cm³/mol. The summed E-state index contributed by atoms with van der Waals surface area (Å²) in [4.78, 5) is 37.8. The minimum Gasteiger partial charge on any atom is -0.461 e. The minimum atomic E-state index is -0.551. The quantitative estimate of drug-likeness (QED) is 0.516. The Kier molecular flexibility index (Phi) is 6.83. The molecule has 1 aliphatic rings. The third-order valence-electron chi connectivity index (χ3n) is 5.26. The highest BCUT2D eigenvalue weighted by molar-refractivity contribution is 5.97. The molecule has 1 N–H and O–H groups in total. The minimum absolute atomic E-state index is 0.0179. The number of hydrogen-bond acceptors (Lipinski definition) is 5. The number of anilines is 2. The van der Waals surface area contributed by atoms with E-state index in [1.807, 2.05) is 6.07 Å². The smallest absolute Gasteiger partial charge is 0.306 e. The molecular formula is C25H23FN2O5. The van der Waals surface area contributed by atoms with Crippen LogP contribution in [0, 0.1) is 5.82 Å². The molecular weight excluding hydrogens is 427 g/mol. The van der Waals surface area contributed by atoms with Gasteiger partial charge in [0.25, 0.3) is 5.91 Å². The van der Waals surface area contributed by atoms with Crippen LogP contribution in [0.3, 0.4) is 0 Å². The van der Waals surface area contributed by atoms with Gasteiger partial charge < -0.3 is 19.4 Å². The number of rotatable bonds is 8. The van der Waals surface area contributed by atoms with Crippen LogP contribution in [-0.2, 0) is 25.5 Å². The van der Waals surface area contributed by atoms with Gasteiger partial charge in [0.2, 0.25) is 5.91 Å². The van der Waals surface area contributed by atoms with Crippen molar-refractivity contribution >= 4 is 29.2 Å². The maximum absolute atomic E-state index is 13.9. The van der Waals surface area contributed by atoms with Gasteiger partial charge in [-0.3, -0.25) is 14.4 Å². The van der Waals surface area contributed by atoms with Crippen LogP contribution in [0.1, 0.15) is 25.0 Å². The van der Waals surface area contributed by atoms with Gasteiger partial charge >= 0.3 is 5.97 Å². The number of amides is 2. The molecule has 1 aliphatic heterocycles. The molecule has 1 aromatic heterocycles. The lowest BCUT2D eigenvalue weighted by atomic mass is 10.1. The van der Waals surface area contributed by atoms with Crippen LogP contribution in [0.5, 0.6) is 0 Å². The molecule has 0 bridgehead atoms. The van der Waals surface area contributed by atoms with Crippen LogP contribution in [0.15, 0.2) is 65.1 Å². The van der Waals surface area contributed by atoms with Gasteiger partial charge in [0.15, 0.2) is 6.61 Å². The lowest BCUT2D eigenvalue weighted by Gasteiger charge is -2.16. The van der Waals surface area contributed by atoms with E-state index in [4.69, 9.17) is 9.15 Å². The van der Waals surface area contributed by atoms with Crippen LogP contribution in [-0.4, -0.2) is 30.9 Å². The van der Waals surface area contributed by atoms with E-state index in [0.29, 0.717) is 35.7 Å². The van der Waals surface area contributed by atoms with Gasteiger partial charge in [-0.2, -0.15) is 0 Å². The molecule has 1 saturated heterocycles. The molecule has 0 atom stereocenters. The molecule has 3 aromatic rings. The van der Waals surface area contributed by atoms with Crippen LogP contribution < -0.4 is 10.2 Å². The first-order valence-corrected chi connectivity index (χ1v) is 10.7. The van der Waals surface area contributed by atoms with Crippen molar-refractivity contribution in [3.8, 4) is 11.3 Å². The average Bonchev–Trinajstić information content (AvgIpc) is 3.46. The summed E-state index contributed by atoms with van der Waals surface area (Å²) in [6.45, 7) is 0.232. The van der Waals surface area contributed by atoms with Crippen molar-refractivity contribution < 1.29 is 27.9 Å². The Morgan fingerprint density at radius 2 is 1.94 bits per heavy atom. The fourth-order valence-electron chi connectivity index (χ4n) is 3.63. The van der Waals surface area contributed by atoms with Crippen LogP contribution in [0.4, 0.5) is 15.8 Å². The zero-order valence-corrected chi connectivity index (χ0v) is 17.9. The molecule has 0 saturated carbocycles. The number of carbonyl (C=O) groups excluding carboxylic acids is 3. The fourth-order valence-corrected chi connectivity index (χ4v) is 3.63. The normalized spacial score (nSPS) is 13.2. The highest BCUT2D eigenvalue weighted by Crippen LogP contribution is 2.26. The third-order valence-corrected chi connectivity index (χ3v) is 5.26. The van der Waals surface area contributed by atoms with E-state index in [1.54, 1.807) is 53.4 Å². The van der Waals surface area contributed by atoms with Crippen molar-refractivity contribution in [1.29, 1.82) is 0 Å². The number of esters is 1. The van der Waals surface area contributed by atoms with E-state index in [0.717, 1.165) is 12.1 Å². The van der Waals surface area contributed by atoms with Crippen molar-refractivity contribution in [1.82, 2.24) is 0 Å².